The Balaban J connectivity index is 1.57. The van der Waals surface area contributed by atoms with Gasteiger partial charge in [-0.15, -0.1) is 0 Å². The highest BCUT2D eigenvalue weighted by molar-refractivity contribution is 4.89. The minimum absolute atomic E-state index is 0.893. The van der Waals surface area contributed by atoms with Crippen LogP contribution < -0.4 is 10.6 Å². The fourth-order valence-corrected chi connectivity index (χ4v) is 2.32. The summed E-state index contributed by atoms with van der Waals surface area (Å²) in [5, 5.41) is 6.79. The fourth-order valence-electron chi connectivity index (χ4n) is 2.32. The van der Waals surface area contributed by atoms with Crippen LogP contribution >= 0.6 is 0 Å². The van der Waals surface area contributed by atoms with Crippen LogP contribution in [0.25, 0.3) is 0 Å². The molecule has 0 bridgehead atoms. The Hall–Kier alpha value is -0.380. The molecule has 86 valence electrons. The van der Waals surface area contributed by atoms with E-state index in [1.54, 1.807) is 0 Å². The highest BCUT2D eigenvalue weighted by atomic mass is 15.2. The van der Waals surface area contributed by atoms with Gasteiger partial charge in [0, 0.05) is 32.7 Å². The molecule has 2 saturated heterocycles. The molecule has 0 aromatic heterocycles. The van der Waals surface area contributed by atoms with Gasteiger partial charge >= 0.3 is 0 Å². The first kappa shape index (κ1) is 11.1. The normalized spacial score (nSPS) is 28.9. The lowest BCUT2D eigenvalue weighted by Crippen LogP contribution is -2.43. The zero-order valence-electron chi connectivity index (χ0n) is 9.54. The summed E-state index contributed by atoms with van der Waals surface area (Å²) >= 11 is 0. The van der Waals surface area contributed by atoms with Crippen LogP contribution in [0.1, 0.15) is 12.8 Å². The van der Waals surface area contributed by atoms with E-state index >= 15 is 0 Å². The summed E-state index contributed by atoms with van der Waals surface area (Å²) in [7, 11) is 0. The lowest BCUT2D eigenvalue weighted by molar-refractivity contribution is 0.264. The van der Waals surface area contributed by atoms with E-state index < -0.39 is 0 Å². The molecule has 1 atom stereocenters. The van der Waals surface area contributed by atoms with Crippen LogP contribution in [0.5, 0.6) is 0 Å². The smallest absolute Gasteiger partial charge is 0.0164 e. The van der Waals surface area contributed by atoms with Gasteiger partial charge in [0.25, 0.3) is 0 Å². The molecule has 0 amide bonds. The van der Waals surface area contributed by atoms with E-state index in [0.717, 1.165) is 25.6 Å². The van der Waals surface area contributed by atoms with Crippen LogP contribution in [0.15, 0.2) is 12.2 Å². The number of hydrogen-bond donors (Lipinski definition) is 2. The van der Waals surface area contributed by atoms with Crippen molar-refractivity contribution >= 4 is 0 Å². The minimum atomic E-state index is 0.893. The molecule has 0 aliphatic carbocycles. The van der Waals surface area contributed by atoms with Crippen molar-refractivity contribution in [1.29, 1.82) is 0 Å². The SMILES string of the molecule is C(=C/CN1CCNCC1)/CC1CCNC1. The van der Waals surface area contributed by atoms with Crippen LogP contribution in [0.2, 0.25) is 0 Å². The van der Waals surface area contributed by atoms with Crippen molar-refractivity contribution in [3.8, 4) is 0 Å². The van der Waals surface area contributed by atoms with Gasteiger partial charge in [0.1, 0.15) is 0 Å². The second kappa shape index (κ2) is 6.26. The van der Waals surface area contributed by atoms with Crippen LogP contribution in [-0.4, -0.2) is 50.7 Å². The predicted octanol–water partition coefficient (Wildman–Crippen LogP) is 0.447. The molecule has 0 spiro atoms. The summed E-state index contributed by atoms with van der Waals surface area (Å²) in [6, 6.07) is 0. The van der Waals surface area contributed by atoms with E-state index in [-0.39, 0.29) is 0 Å². The molecule has 1 unspecified atom stereocenters. The molecule has 0 aromatic rings. The Morgan fingerprint density at radius 3 is 2.67 bits per heavy atom. The second-order valence-corrected chi connectivity index (χ2v) is 4.62. The number of nitrogens with one attached hydrogen (secondary N) is 2. The minimum Gasteiger partial charge on any atom is -0.316 e. The summed E-state index contributed by atoms with van der Waals surface area (Å²) in [6.45, 7) is 8.29. The van der Waals surface area contributed by atoms with E-state index in [0.29, 0.717) is 0 Å². The topological polar surface area (TPSA) is 27.3 Å². The Labute approximate surface area is 92.9 Å². The highest BCUT2D eigenvalue weighted by Gasteiger charge is 2.12. The van der Waals surface area contributed by atoms with Crippen LogP contribution in [0.4, 0.5) is 0 Å². The molecule has 3 nitrogen and oxygen atoms in total. The Kier molecular flexibility index (Phi) is 4.64. The lowest BCUT2D eigenvalue weighted by atomic mass is 10.1. The standard InChI is InChI=1S/C12H23N3/c1(3-12-4-5-14-11-12)2-8-15-9-6-13-7-10-15/h1-2,12-14H,3-11H2/b2-1-. The summed E-state index contributed by atoms with van der Waals surface area (Å²) in [5.74, 6) is 0.893. The van der Waals surface area contributed by atoms with Gasteiger partial charge in [0.05, 0.1) is 0 Å². The van der Waals surface area contributed by atoms with Crippen molar-refractivity contribution in [3.05, 3.63) is 12.2 Å². The summed E-state index contributed by atoms with van der Waals surface area (Å²) < 4.78 is 0. The number of allylic oxidation sites excluding steroid dienone is 1. The Morgan fingerprint density at radius 1 is 1.07 bits per heavy atom. The molecule has 2 aliphatic heterocycles. The van der Waals surface area contributed by atoms with E-state index in [9.17, 15) is 0 Å². The van der Waals surface area contributed by atoms with Crippen LogP contribution in [0.3, 0.4) is 0 Å². The first-order chi connectivity index (χ1) is 7.45. The van der Waals surface area contributed by atoms with E-state index in [4.69, 9.17) is 0 Å². The van der Waals surface area contributed by atoms with Gasteiger partial charge in [-0.25, -0.2) is 0 Å². The van der Waals surface area contributed by atoms with E-state index in [1.807, 2.05) is 0 Å². The van der Waals surface area contributed by atoms with Gasteiger partial charge < -0.3 is 10.6 Å². The van der Waals surface area contributed by atoms with Gasteiger partial charge in [-0.05, 0) is 31.8 Å². The zero-order chi connectivity index (χ0) is 10.3. The van der Waals surface area contributed by atoms with Crippen molar-refractivity contribution in [2.45, 2.75) is 12.8 Å². The molecule has 2 fully saturated rings. The van der Waals surface area contributed by atoms with Gasteiger partial charge in [-0.3, -0.25) is 4.90 Å². The Morgan fingerprint density at radius 2 is 1.93 bits per heavy atom. The number of hydrogen-bond acceptors (Lipinski definition) is 3. The summed E-state index contributed by atoms with van der Waals surface area (Å²) in [4.78, 5) is 2.51. The van der Waals surface area contributed by atoms with Gasteiger partial charge in [0.15, 0.2) is 0 Å². The Bertz CT molecular complexity index is 191. The van der Waals surface area contributed by atoms with Crippen molar-refractivity contribution < 1.29 is 0 Å². The maximum atomic E-state index is 3.41. The predicted molar refractivity (Wildman–Crippen MR) is 64.0 cm³/mol. The number of piperazine rings is 1. The number of rotatable bonds is 4. The van der Waals surface area contributed by atoms with Gasteiger partial charge in [0.2, 0.25) is 0 Å². The van der Waals surface area contributed by atoms with Crippen LogP contribution in [-0.2, 0) is 0 Å². The van der Waals surface area contributed by atoms with Crippen molar-refractivity contribution in [3.63, 3.8) is 0 Å². The lowest BCUT2D eigenvalue weighted by Gasteiger charge is -2.25. The largest absolute Gasteiger partial charge is 0.316 e. The first-order valence-electron chi connectivity index (χ1n) is 6.24. The third-order valence-corrected chi connectivity index (χ3v) is 3.37. The monoisotopic (exact) mass is 209 g/mol. The maximum Gasteiger partial charge on any atom is 0.0164 e. The fraction of sp³-hybridized carbons (Fsp3) is 0.833. The van der Waals surface area contributed by atoms with E-state index in [1.165, 1.54) is 39.0 Å². The van der Waals surface area contributed by atoms with Crippen LogP contribution in [0, 0.1) is 5.92 Å². The molecule has 0 radical (unpaired) electrons. The average Bonchev–Trinajstić information content (AvgIpc) is 2.79. The molecular formula is C12H23N3. The van der Waals surface area contributed by atoms with Crippen molar-refractivity contribution in [2.24, 2.45) is 5.92 Å². The number of nitrogens with zero attached hydrogens (tertiary/aromatic N) is 1. The molecule has 2 N–H and O–H groups in total. The molecule has 3 heteroatoms. The van der Waals surface area contributed by atoms with Crippen molar-refractivity contribution in [1.82, 2.24) is 15.5 Å². The van der Waals surface area contributed by atoms with Gasteiger partial charge in [-0.2, -0.15) is 0 Å². The first-order valence-corrected chi connectivity index (χ1v) is 6.24. The molecule has 2 heterocycles. The molecule has 15 heavy (non-hydrogen) atoms. The third kappa shape index (κ3) is 3.93. The summed E-state index contributed by atoms with van der Waals surface area (Å²) in [5.41, 5.74) is 0. The maximum absolute atomic E-state index is 3.41. The third-order valence-electron chi connectivity index (χ3n) is 3.37. The molecular weight excluding hydrogens is 186 g/mol. The van der Waals surface area contributed by atoms with E-state index in [2.05, 4.69) is 27.7 Å². The average molecular weight is 209 g/mol. The molecule has 2 rings (SSSR count). The molecule has 0 aromatic carbocycles. The summed E-state index contributed by atoms with van der Waals surface area (Å²) in [6.07, 6.45) is 7.35. The molecule has 2 aliphatic rings. The van der Waals surface area contributed by atoms with Gasteiger partial charge in [-0.1, -0.05) is 12.2 Å². The van der Waals surface area contributed by atoms with Crippen molar-refractivity contribution in [2.75, 3.05) is 45.8 Å². The second-order valence-electron chi connectivity index (χ2n) is 4.62. The quantitative estimate of drug-likeness (QED) is 0.658. The zero-order valence-corrected chi connectivity index (χ0v) is 9.54. The molecule has 0 saturated carbocycles. The highest BCUT2D eigenvalue weighted by Crippen LogP contribution is 2.12.